The molecule has 0 spiro atoms. The Balaban J connectivity index is 2.30. The van der Waals surface area contributed by atoms with E-state index in [9.17, 15) is 14.9 Å². The van der Waals surface area contributed by atoms with Gasteiger partial charge in [0.2, 0.25) is 0 Å². The van der Waals surface area contributed by atoms with Crippen molar-refractivity contribution in [1.82, 2.24) is 9.88 Å². The van der Waals surface area contributed by atoms with E-state index in [4.69, 9.17) is 9.84 Å². The Morgan fingerprint density at radius 2 is 2.48 bits per heavy atom. The fraction of sp³-hybridized carbons (Fsp3) is 0.500. The molecule has 1 unspecified atom stereocenters. The second-order valence-corrected chi connectivity index (χ2v) is 4.52. The third-order valence-electron chi connectivity index (χ3n) is 3.20. The normalized spacial score (nSPS) is 18.4. The topological polar surface area (TPSA) is 118 Å². The summed E-state index contributed by atoms with van der Waals surface area (Å²) in [6.45, 7) is 0.603. The summed E-state index contributed by atoms with van der Waals surface area (Å²) >= 11 is 0. The molecule has 9 nitrogen and oxygen atoms in total. The predicted octanol–water partition coefficient (Wildman–Crippen LogP) is -0.135. The smallest absolute Gasteiger partial charge is 0.300 e. The van der Waals surface area contributed by atoms with Crippen molar-refractivity contribution < 1.29 is 19.6 Å². The molecule has 9 heteroatoms. The van der Waals surface area contributed by atoms with Crippen LogP contribution < -0.4 is 5.32 Å². The number of rotatable bonds is 4. The van der Waals surface area contributed by atoms with Crippen LogP contribution in [0.3, 0.4) is 0 Å². The zero-order valence-corrected chi connectivity index (χ0v) is 11.5. The largest absolute Gasteiger partial charge is 0.394 e. The highest BCUT2D eigenvalue weighted by atomic mass is 16.6. The molecule has 1 fully saturated rings. The number of morpholine rings is 1. The van der Waals surface area contributed by atoms with Gasteiger partial charge in [0.25, 0.3) is 11.6 Å². The standard InChI is InChI=1S/C12H16N4O5/c1-13-11-4-9(10(5-14-11)16(19)20)12(18)15-2-3-21-8(6-15)7-17/h4-5,8,17H,2-3,6-7H2,1H3,(H,13,14). The van der Waals surface area contributed by atoms with E-state index in [1.54, 1.807) is 7.05 Å². The summed E-state index contributed by atoms with van der Waals surface area (Å²) < 4.78 is 5.26. The van der Waals surface area contributed by atoms with Gasteiger partial charge in [-0.05, 0) is 0 Å². The number of hydrogen-bond acceptors (Lipinski definition) is 7. The predicted molar refractivity (Wildman–Crippen MR) is 73.2 cm³/mol. The third kappa shape index (κ3) is 3.26. The first-order chi connectivity index (χ1) is 10.1. The fourth-order valence-electron chi connectivity index (χ4n) is 2.09. The summed E-state index contributed by atoms with van der Waals surface area (Å²) in [6, 6.07) is 1.35. The number of pyridine rings is 1. The molecule has 1 saturated heterocycles. The number of nitrogens with one attached hydrogen (secondary N) is 1. The van der Waals surface area contributed by atoms with Crippen LogP contribution in [0.15, 0.2) is 12.3 Å². The first-order valence-electron chi connectivity index (χ1n) is 6.40. The van der Waals surface area contributed by atoms with Crippen molar-refractivity contribution in [3.8, 4) is 0 Å². The molecule has 114 valence electrons. The van der Waals surface area contributed by atoms with E-state index < -0.39 is 16.9 Å². The fourth-order valence-corrected chi connectivity index (χ4v) is 2.09. The lowest BCUT2D eigenvalue weighted by Gasteiger charge is -2.32. The van der Waals surface area contributed by atoms with Crippen LogP contribution in [0.2, 0.25) is 0 Å². The molecule has 1 aromatic rings. The highest BCUT2D eigenvalue weighted by Crippen LogP contribution is 2.22. The summed E-state index contributed by atoms with van der Waals surface area (Å²) in [4.78, 5) is 28.2. The van der Waals surface area contributed by atoms with Gasteiger partial charge in [0, 0.05) is 26.2 Å². The SMILES string of the molecule is CNc1cc(C(=O)N2CCOC(CO)C2)c([N+](=O)[O-])cn1. The van der Waals surface area contributed by atoms with Gasteiger partial charge < -0.3 is 20.1 Å². The van der Waals surface area contributed by atoms with Crippen LogP contribution in [0.4, 0.5) is 11.5 Å². The van der Waals surface area contributed by atoms with Crippen molar-refractivity contribution in [1.29, 1.82) is 0 Å². The molecule has 2 N–H and O–H groups in total. The van der Waals surface area contributed by atoms with Crippen LogP contribution in [0.25, 0.3) is 0 Å². The molecule has 2 heterocycles. The number of aliphatic hydroxyl groups excluding tert-OH is 1. The van der Waals surface area contributed by atoms with Crippen molar-refractivity contribution in [2.75, 3.05) is 38.7 Å². The molecule has 0 aliphatic carbocycles. The summed E-state index contributed by atoms with van der Waals surface area (Å²) in [5.74, 6) is -0.0988. The number of nitro groups is 1. The zero-order valence-electron chi connectivity index (χ0n) is 11.5. The number of ether oxygens (including phenoxy) is 1. The highest BCUT2D eigenvalue weighted by Gasteiger charge is 2.29. The summed E-state index contributed by atoms with van der Waals surface area (Å²) in [7, 11) is 1.61. The van der Waals surface area contributed by atoms with Gasteiger partial charge in [-0.15, -0.1) is 0 Å². The Kier molecular flexibility index (Phi) is 4.66. The summed E-state index contributed by atoms with van der Waals surface area (Å²) in [6.07, 6.45) is 0.593. The molecule has 1 atom stereocenters. The monoisotopic (exact) mass is 296 g/mol. The number of aliphatic hydroxyl groups is 1. The van der Waals surface area contributed by atoms with E-state index in [1.807, 2.05) is 0 Å². The number of hydrogen-bond donors (Lipinski definition) is 2. The molecular formula is C12H16N4O5. The van der Waals surface area contributed by atoms with Crippen LogP contribution in [-0.2, 0) is 4.74 Å². The molecule has 1 aliphatic heterocycles. The van der Waals surface area contributed by atoms with E-state index in [1.165, 1.54) is 11.0 Å². The Labute approximate surface area is 120 Å². The minimum atomic E-state index is -0.635. The molecule has 0 radical (unpaired) electrons. The zero-order chi connectivity index (χ0) is 15.4. The molecule has 1 aromatic heterocycles. The Morgan fingerprint density at radius 1 is 1.71 bits per heavy atom. The molecule has 0 aromatic carbocycles. The van der Waals surface area contributed by atoms with Crippen LogP contribution in [0.1, 0.15) is 10.4 Å². The number of carbonyl (C=O) groups is 1. The van der Waals surface area contributed by atoms with Crippen LogP contribution in [0.5, 0.6) is 0 Å². The van der Waals surface area contributed by atoms with Crippen LogP contribution in [-0.4, -0.2) is 65.3 Å². The van der Waals surface area contributed by atoms with Gasteiger partial charge in [-0.3, -0.25) is 14.9 Å². The molecule has 0 bridgehead atoms. The summed E-state index contributed by atoms with van der Waals surface area (Å²) in [5, 5.41) is 22.9. The first-order valence-corrected chi connectivity index (χ1v) is 6.40. The van der Waals surface area contributed by atoms with Gasteiger partial charge >= 0.3 is 0 Å². The molecule has 1 amide bonds. The Bertz CT molecular complexity index is 550. The first kappa shape index (κ1) is 15.1. The number of carbonyl (C=O) groups excluding carboxylic acids is 1. The average molecular weight is 296 g/mol. The van der Waals surface area contributed by atoms with Crippen molar-refractivity contribution >= 4 is 17.4 Å². The van der Waals surface area contributed by atoms with Gasteiger partial charge in [0.1, 0.15) is 17.6 Å². The number of anilines is 1. The van der Waals surface area contributed by atoms with E-state index in [-0.39, 0.29) is 31.0 Å². The van der Waals surface area contributed by atoms with Gasteiger partial charge in [-0.25, -0.2) is 4.98 Å². The summed E-state index contributed by atoms with van der Waals surface area (Å²) in [5.41, 5.74) is -0.371. The van der Waals surface area contributed by atoms with Crippen molar-refractivity contribution in [3.63, 3.8) is 0 Å². The lowest BCUT2D eigenvalue weighted by molar-refractivity contribution is -0.385. The minimum absolute atomic E-state index is 0.0297. The molecule has 21 heavy (non-hydrogen) atoms. The molecule has 0 saturated carbocycles. The highest BCUT2D eigenvalue weighted by molar-refractivity contribution is 5.98. The average Bonchev–Trinajstić information content (AvgIpc) is 2.53. The van der Waals surface area contributed by atoms with E-state index in [0.717, 1.165) is 6.20 Å². The van der Waals surface area contributed by atoms with E-state index in [2.05, 4.69) is 10.3 Å². The maximum Gasteiger partial charge on any atom is 0.300 e. The lowest BCUT2D eigenvalue weighted by Crippen LogP contribution is -2.47. The van der Waals surface area contributed by atoms with Crippen LogP contribution in [0, 0.1) is 10.1 Å². The van der Waals surface area contributed by atoms with Gasteiger partial charge in [0.05, 0.1) is 24.2 Å². The third-order valence-corrected chi connectivity index (χ3v) is 3.20. The maximum absolute atomic E-state index is 12.5. The van der Waals surface area contributed by atoms with Gasteiger partial charge in [-0.1, -0.05) is 0 Å². The molecular weight excluding hydrogens is 280 g/mol. The molecule has 2 rings (SSSR count). The van der Waals surface area contributed by atoms with E-state index in [0.29, 0.717) is 12.4 Å². The number of nitrogens with zero attached hydrogens (tertiary/aromatic N) is 3. The van der Waals surface area contributed by atoms with Crippen LogP contribution >= 0.6 is 0 Å². The van der Waals surface area contributed by atoms with Gasteiger partial charge in [-0.2, -0.15) is 0 Å². The number of amides is 1. The second kappa shape index (κ2) is 6.46. The quantitative estimate of drug-likeness (QED) is 0.586. The van der Waals surface area contributed by atoms with Crippen molar-refractivity contribution in [2.24, 2.45) is 0 Å². The number of aromatic nitrogens is 1. The van der Waals surface area contributed by atoms with Gasteiger partial charge in [0.15, 0.2) is 0 Å². The Hall–Kier alpha value is -2.26. The van der Waals surface area contributed by atoms with E-state index >= 15 is 0 Å². The van der Waals surface area contributed by atoms with Crippen molar-refractivity contribution in [2.45, 2.75) is 6.10 Å². The van der Waals surface area contributed by atoms with Crippen molar-refractivity contribution in [3.05, 3.63) is 27.9 Å². The Morgan fingerprint density at radius 3 is 3.10 bits per heavy atom. The minimum Gasteiger partial charge on any atom is -0.394 e. The molecule has 1 aliphatic rings. The lowest BCUT2D eigenvalue weighted by atomic mass is 10.1. The maximum atomic E-state index is 12.5. The second-order valence-electron chi connectivity index (χ2n) is 4.52.